The highest BCUT2D eigenvalue weighted by atomic mass is 35.5. The van der Waals surface area contributed by atoms with E-state index in [9.17, 15) is 4.79 Å². The van der Waals surface area contributed by atoms with Gasteiger partial charge in [0, 0.05) is 26.2 Å². The van der Waals surface area contributed by atoms with E-state index in [2.05, 4.69) is 40.4 Å². The van der Waals surface area contributed by atoms with Crippen LogP contribution in [0.2, 0.25) is 0 Å². The topological polar surface area (TPSA) is 57.3 Å². The van der Waals surface area contributed by atoms with Gasteiger partial charge in [-0.15, -0.1) is 36.2 Å². The van der Waals surface area contributed by atoms with Crippen molar-refractivity contribution in [1.29, 1.82) is 0 Å². The van der Waals surface area contributed by atoms with Crippen molar-refractivity contribution in [2.75, 3.05) is 37.6 Å². The van der Waals surface area contributed by atoms with Crippen LogP contribution in [0.25, 0.3) is 9.53 Å². The van der Waals surface area contributed by atoms with Gasteiger partial charge in [-0.2, -0.15) is 0 Å². The molecule has 0 radical (unpaired) electrons. The first-order valence-corrected chi connectivity index (χ1v) is 9.66. The van der Waals surface area contributed by atoms with Crippen molar-refractivity contribution < 1.29 is 4.79 Å². The number of carbonyl (C=O) groups excluding carboxylic acids is 1. The molecule has 1 aliphatic rings. The fourth-order valence-corrected chi connectivity index (χ4v) is 4.83. The van der Waals surface area contributed by atoms with Crippen LogP contribution in [0.1, 0.15) is 29.9 Å². The summed E-state index contributed by atoms with van der Waals surface area (Å²) in [6.45, 7) is 8.71. The summed E-state index contributed by atoms with van der Waals surface area (Å²) in [7, 11) is 0. The minimum absolute atomic E-state index is 0. The Hall–Kier alpha value is -0.860. The van der Waals surface area contributed by atoms with Crippen LogP contribution in [0.5, 0.6) is 0 Å². The molecule has 0 saturated carbocycles. The van der Waals surface area contributed by atoms with E-state index in [0.717, 1.165) is 52.1 Å². The standard InChI is InChI=1S/C16H22N4OS2.2ClH/c1-3-20(4-2)16-19-15-13(23-16)9-12(22-15)14(21)18-10-11-5-7-17-8-6-11;;/h5,9,17H,3-4,6-8,10H2,1-2H3,(H,18,21);2*1H. The normalized spacial score (nSPS) is 13.6. The van der Waals surface area contributed by atoms with Crippen LogP contribution in [0.15, 0.2) is 17.7 Å². The maximum absolute atomic E-state index is 12.3. The van der Waals surface area contributed by atoms with Crippen LogP contribution < -0.4 is 15.5 Å². The molecule has 2 N–H and O–H groups in total. The molecule has 0 atom stereocenters. The number of amides is 1. The second-order valence-corrected chi connectivity index (χ2v) is 7.49. The summed E-state index contributed by atoms with van der Waals surface area (Å²) in [5.41, 5.74) is 1.30. The molecule has 0 aliphatic carbocycles. The lowest BCUT2D eigenvalue weighted by molar-refractivity contribution is 0.0960. The number of rotatable bonds is 6. The summed E-state index contributed by atoms with van der Waals surface area (Å²) in [5.74, 6) is 0.00372. The number of hydrogen-bond acceptors (Lipinski definition) is 6. The Labute approximate surface area is 168 Å². The number of thiophene rings is 1. The van der Waals surface area contributed by atoms with E-state index in [1.807, 2.05) is 6.07 Å². The molecule has 0 fully saturated rings. The molecule has 1 amide bonds. The van der Waals surface area contributed by atoms with Crippen molar-refractivity contribution in [3.63, 3.8) is 0 Å². The van der Waals surface area contributed by atoms with Crippen LogP contribution in [0.4, 0.5) is 5.13 Å². The largest absolute Gasteiger partial charge is 0.349 e. The zero-order chi connectivity index (χ0) is 16.2. The van der Waals surface area contributed by atoms with Gasteiger partial charge in [-0.05, 0) is 32.9 Å². The molecule has 0 spiro atoms. The Morgan fingerprint density at radius 3 is 2.68 bits per heavy atom. The molecular weight excluding hydrogens is 399 g/mol. The summed E-state index contributed by atoms with van der Waals surface area (Å²) in [4.78, 5) is 20.9. The Morgan fingerprint density at radius 2 is 2.08 bits per heavy atom. The third kappa shape index (κ3) is 5.31. The van der Waals surface area contributed by atoms with Gasteiger partial charge in [-0.25, -0.2) is 4.98 Å². The average Bonchev–Trinajstić information content (AvgIpc) is 3.14. The van der Waals surface area contributed by atoms with E-state index in [4.69, 9.17) is 0 Å². The predicted octanol–water partition coefficient (Wildman–Crippen LogP) is 3.70. The average molecular weight is 423 g/mol. The number of nitrogens with one attached hydrogen (secondary N) is 2. The van der Waals surface area contributed by atoms with Gasteiger partial charge in [0.2, 0.25) is 0 Å². The first-order chi connectivity index (χ1) is 11.2. The summed E-state index contributed by atoms with van der Waals surface area (Å²) in [6.07, 6.45) is 3.17. The lowest BCUT2D eigenvalue weighted by Crippen LogP contribution is -2.29. The number of aromatic nitrogens is 1. The van der Waals surface area contributed by atoms with E-state index in [0.29, 0.717) is 6.54 Å². The van der Waals surface area contributed by atoms with Crippen molar-refractivity contribution >= 4 is 68.1 Å². The zero-order valence-electron chi connectivity index (χ0n) is 14.3. The molecule has 0 unspecified atom stereocenters. The maximum Gasteiger partial charge on any atom is 0.261 e. The van der Waals surface area contributed by atoms with Gasteiger partial charge in [0.25, 0.3) is 5.91 Å². The molecule has 9 heteroatoms. The number of anilines is 1. The molecule has 1 aliphatic heterocycles. The minimum atomic E-state index is 0. The molecular formula is C16H24Cl2N4OS2. The van der Waals surface area contributed by atoms with E-state index >= 15 is 0 Å². The summed E-state index contributed by atoms with van der Waals surface area (Å²) >= 11 is 3.14. The van der Waals surface area contributed by atoms with Crippen LogP contribution in [-0.2, 0) is 0 Å². The molecule has 3 heterocycles. The quantitative estimate of drug-likeness (QED) is 0.696. The SMILES string of the molecule is CCN(CC)c1nc2sc(C(=O)NCC3=CCNCC3)cc2s1.Cl.Cl. The Kier molecular flexibility index (Phi) is 9.16. The van der Waals surface area contributed by atoms with Gasteiger partial charge < -0.3 is 15.5 Å². The molecule has 2 aromatic heterocycles. The van der Waals surface area contributed by atoms with Gasteiger partial charge in [0.1, 0.15) is 4.83 Å². The predicted molar refractivity (Wildman–Crippen MR) is 113 cm³/mol. The first-order valence-electron chi connectivity index (χ1n) is 8.03. The third-order valence-corrected chi connectivity index (χ3v) is 6.19. The van der Waals surface area contributed by atoms with Crippen molar-refractivity contribution in [2.24, 2.45) is 0 Å². The Bertz CT molecular complexity index is 693. The fourth-order valence-electron chi connectivity index (χ4n) is 2.58. The van der Waals surface area contributed by atoms with Crippen molar-refractivity contribution in [3.8, 4) is 0 Å². The van der Waals surface area contributed by atoms with E-state index in [-0.39, 0.29) is 30.7 Å². The number of nitrogens with zero attached hydrogens (tertiary/aromatic N) is 2. The van der Waals surface area contributed by atoms with Gasteiger partial charge >= 0.3 is 0 Å². The second-order valence-electron chi connectivity index (χ2n) is 5.45. The number of fused-ring (bicyclic) bond motifs is 1. The van der Waals surface area contributed by atoms with Gasteiger partial charge in [-0.3, -0.25) is 4.79 Å². The van der Waals surface area contributed by atoms with Crippen LogP contribution in [0.3, 0.4) is 0 Å². The fraction of sp³-hybridized carbons (Fsp3) is 0.500. The second kappa shape index (κ2) is 10.3. The molecule has 25 heavy (non-hydrogen) atoms. The molecule has 0 aromatic carbocycles. The highest BCUT2D eigenvalue weighted by molar-refractivity contribution is 7.29. The summed E-state index contributed by atoms with van der Waals surface area (Å²) in [6, 6.07) is 1.97. The molecule has 0 bridgehead atoms. The Morgan fingerprint density at radius 1 is 1.32 bits per heavy atom. The number of hydrogen-bond donors (Lipinski definition) is 2. The first kappa shape index (κ1) is 22.2. The third-order valence-electron chi connectivity index (χ3n) is 3.97. The highest BCUT2D eigenvalue weighted by Crippen LogP contribution is 2.34. The lowest BCUT2D eigenvalue weighted by atomic mass is 10.1. The van der Waals surface area contributed by atoms with Crippen molar-refractivity contribution in [1.82, 2.24) is 15.6 Å². The minimum Gasteiger partial charge on any atom is -0.349 e. The molecule has 3 rings (SSSR count). The summed E-state index contributed by atoms with van der Waals surface area (Å²) < 4.78 is 1.10. The smallest absolute Gasteiger partial charge is 0.261 e. The number of carbonyl (C=O) groups is 1. The van der Waals surface area contributed by atoms with Crippen molar-refractivity contribution in [3.05, 3.63) is 22.6 Å². The van der Waals surface area contributed by atoms with Crippen LogP contribution in [0, 0.1) is 0 Å². The monoisotopic (exact) mass is 422 g/mol. The van der Waals surface area contributed by atoms with E-state index < -0.39 is 0 Å². The van der Waals surface area contributed by atoms with Gasteiger partial charge in [0.05, 0.1) is 9.58 Å². The summed E-state index contributed by atoms with van der Waals surface area (Å²) in [5, 5.41) is 7.34. The van der Waals surface area contributed by atoms with E-state index in [1.165, 1.54) is 16.9 Å². The number of halogens is 2. The molecule has 5 nitrogen and oxygen atoms in total. The number of thiazole rings is 1. The van der Waals surface area contributed by atoms with Crippen molar-refractivity contribution in [2.45, 2.75) is 20.3 Å². The highest BCUT2D eigenvalue weighted by Gasteiger charge is 2.16. The molecule has 0 saturated heterocycles. The Balaban J connectivity index is 0.00000156. The van der Waals surface area contributed by atoms with Crippen LogP contribution in [-0.4, -0.2) is 43.6 Å². The maximum atomic E-state index is 12.3. The van der Waals surface area contributed by atoms with Gasteiger partial charge in [0.15, 0.2) is 5.13 Å². The zero-order valence-corrected chi connectivity index (χ0v) is 17.6. The van der Waals surface area contributed by atoms with Gasteiger partial charge in [-0.1, -0.05) is 23.0 Å². The molecule has 2 aromatic rings. The lowest BCUT2D eigenvalue weighted by Gasteiger charge is -2.16. The van der Waals surface area contributed by atoms with Crippen LogP contribution >= 0.6 is 47.5 Å². The molecule has 140 valence electrons. The van der Waals surface area contributed by atoms with E-state index in [1.54, 1.807) is 11.3 Å².